The average Bonchev–Trinajstić information content (AvgIpc) is 2.55. The van der Waals surface area contributed by atoms with E-state index in [2.05, 4.69) is 4.98 Å². The molecule has 23 heavy (non-hydrogen) atoms. The lowest BCUT2D eigenvalue weighted by atomic mass is 10.1. The highest BCUT2D eigenvalue weighted by Crippen LogP contribution is 2.30. The van der Waals surface area contributed by atoms with Crippen molar-refractivity contribution in [1.82, 2.24) is 4.98 Å². The van der Waals surface area contributed by atoms with Crippen molar-refractivity contribution in [3.05, 3.63) is 60.3 Å². The maximum Gasteiger partial charge on any atom is 0.130 e. The number of para-hydroxylation sites is 1. The lowest BCUT2D eigenvalue weighted by molar-refractivity contribution is 0.249. The fourth-order valence-electron chi connectivity index (χ4n) is 2.49. The van der Waals surface area contributed by atoms with Crippen molar-refractivity contribution in [1.29, 1.82) is 0 Å². The molecular weight excluding hydrogens is 288 g/mol. The molecule has 118 valence electrons. The van der Waals surface area contributed by atoms with Crippen LogP contribution in [0.5, 0.6) is 11.5 Å². The molecule has 3 rings (SSSR count). The topological polar surface area (TPSA) is 57.4 Å². The van der Waals surface area contributed by atoms with E-state index in [9.17, 15) is 0 Å². The largest absolute Gasteiger partial charge is 0.493 e. The van der Waals surface area contributed by atoms with Gasteiger partial charge in [-0.2, -0.15) is 0 Å². The molecule has 0 amide bonds. The van der Waals surface area contributed by atoms with Crippen LogP contribution in [0.4, 0.5) is 5.69 Å². The number of nitrogens with two attached hydrogens (primary N) is 1. The number of hydrogen-bond acceptors (Lipinski definition) is 4. The smallest absolute Gasteiger partial charge is 0.130 e. The summed E-state index contributed by atoms with van der Waals surface area (Å²) in [5, 5.41) is 0.877. The van der Waals surface area contributed by atoms with Crippen LogP contribution in [0, 0.1) is 6.92 Å². The number of aryl methyl sites for hydroxylation is 1. The summed E-state index contributed by atoms with van der Waals surface area (Å²) in [5.74, 6) is 1.65. The van der Waals surface area contributed by atoms with Gasteiger partial charge in [-0.15, -0.1) is 0 Å². The number of fused-ring (bicyclic) bond motifs is 1. The van der Waals surface area contributed by atoms with Gasteiger partial charge in [-0.1, -0.05) is 24.3 Å². The Morgan fingerprint density at radius 1 is 0.957 bits per heavy atom. The summed E-state index contributed by atoms with van der Waals surface area (Å²) in [7, 11) is 0. The first-order valence-corrected chi connectivity index (χ1v) is 7.70. The zero-order chi connectivity index (χ0) is 16.1. The molecule has 0 spiro atoms. The van der Waals surface area contributed by atoms with Crippen LogP contribution in [0.3, 0.4) is 0 Å². The van der Waals surface area contributed by atoms with E-state index < -0.39 is 0 Å². The molecule has 0 saturated heterocycles. The van der Waals surface area contributed by atoms with Crippen LogP contribution < -0.4 is 15.2 Å². The SMILES string of the molecule is Cc1cc(N)c2c(OCCCOc3ccccc3)cccc2n1. The minimum atomic E-state index is 0.569. The van der Waals surface area contributed by atoms with E-state index in [0.717, 1.165) is 34.5 Å². The van der Waals surface area contributed by atoms with Crippen molar-refractivity contribution >= 4 is 16.6 Å². The standard InChI is InChI=1S/C19H20N2O2/c1-14-13-16(20)19-17(21-14)9-5-10-18(19)23-12-6-11-22-15-7-3-2-4-8-15/h2-5,7-10,13H,6,11-12H2,1H3,(H2,20,21). The highest BCUT2D eigenvalue weighted by molar-refractivity contribution is 5.95. The van der Waals surface area contributed by atoms with Crippen molar-refractivity contribution in [3.8, 4) is 11.5 Å². The van der Waals surface area contributed by atoms with Gasteiger partial charge >= 0.3 is 0 Å². The molecule has 1 aromatic heterocycles. The summed E-state index contributed by atoms with van der Waals surface area (Å²) in [6.07, 6.45) is 0.796. The summed E-state index contributed by atoms with van der Waals surface area (Å²) < 4.78 is 11.5. The average molecular weight is 308 g/mol. The minimum absolute atomic E-state index is 0.569. The van der Waals surface area contributed by atoms with Gasteiger partial charge in [0.1, 0.15) is 11.5 Å². The van der Waals surface area contributed by atoms with Crippen molar-refractivity contribution < 1.29 is 9.47 Å². The number of ether oxygens (including phenoxy) is 2. The van der Waals surface area contributed by atoms with E-state index in [-0.39, 0.29) is 0 Å². The molecular formula is C19H20N2O2. The molecule has 0 atom stereocenters. The van der Waals surface area contributed by atoms with E-state index >= 15 is 0 Å². The number of rotatable bonds is 6. The van der Waals surface area contributed by atoms with Crippen molar-refractivity contribution in [2.75, 3.05) is 18.9 Å². The first kappa shape index (κ1) is 15.2. The van der Waals surface area contributed by atoms with Crippen molar-refractivity contribution in [3.63, 3.8) is 0 Å². The van der Waals surface area contributed by atoms with Gasteiger partial charge in [0, 0.05) is 17.8 Å². The molecule has 4 heteroatoms. The number of nitrogen functional groups attached to an aromatic ring is 1. The third-order valence-electron chi connectivity index (χ3n) is 3.51. The lowest BCUT2D eigenvalue weighted by Gasteiger charge is -2.12. The van der Waals surface area contributed by atoms with Gasteiger partial charge in [-0.05, 0) is 37.3 Å². The summed E-state index contributed by atoms with van der Waals surface area (Å²) in [6, 6.07) is 17.5. The highest BCUT2D eigenvalue weighted by Gasteiger charge is 2.07. The number of pyridine rings is 1. The number of anilines is 1. The highest BCUT2D eigenvalue weighted by atomic mass is 16.5. The number of aromatic nitrogens is 1. The van der Waals surface area contributed by atoms with Crippen molar-refractivity contribution in [2.24, 2.45) is 0 Å². The van der Waals surface area contributed by atoms with E-state index in [0.29, 0.717) is 18.9 Å². The van der Waals surface area contributed by atoms with Gasteiger partial charge in [0.25, 0.3) is 0 Å². The zero-order valence-corrected chi connectivity index (χ0v) is 13.2. The number of benzene rings is 2. The molecule has 0 bridgehead atoms. The fourth-order valence-corrected chi connectivity index (χ4v) is 2.49. The third kappa shape index (κ3) is 3.72. The van der Waals surface area contributed by atoms with Crippen LogP contribution in [0.2, 0.25) is 0 Å². The van der Waals surface area contributed by atoms with E-state index in [1.54, 1.807) is 0 Å². The van der Waals surface area contributed by atoms with Crippen LogP contribution in [-0.2, 0) is 0 Å². The van der Waals surface area contributed by atoms with Crippen LogP contribution in [0.15, 0.2) is 54.6 Å². The third-order valence-corrected chi connectivity index (χ3v) is 3.51. The molecule has 0 aliphatic rings. The van der Waals surface area contributed by atoms with Crippen LogP contribution in [0.25, 0.3) is 10.9 Å². The zero-order valence-electron chi connectivity index (χ0n) is 13.2. The van der Waals surface area contributed by atoms with Gasteiger partial charge in [0.05, 0.1) is 24.1 Å². The summed E-state index contributed by atoms with van der Waals surface area (Å²) in [4.78, 5) is 4.50. The predicted molar refractivity (Wildman–Crippen MR) is 92.9 cm³/mol. The Hall–Kier alpha value is -2.75. The molecule has 0 fully saturated rings. The van der Waals surface area contributed by atoms with Gasteiger partial charge in [0.15, 0.2) is 0 Å². The Balaban J connectivity index is 1.59. The van der Waals surface area contributed by atoms with Gasteiger partial charge in [-0.3, -0.25) is 4.98 Å². The summed E-state index contributed by atoms with van der Waals surface area (Å²) >= 11 is 0. The quantitative estimate of drug-likeness (QED) is 0.700. The molecule has 0 aliphatic carbocycles. The Kier molecular flexibility index (Phi) is 4.62. The molecule has 4 nitrogen and oxygen atoms in total. The van der Waals surface area contributed by atoms with Gasteiger partial charge < -0.3 is 15.2 Å². The van der Waals surface area contributed by atoms with Gasteiger partial charge in [-0.25, -0.2) is 0 Å². The lowest BCUT2D eigenvalue weighted by Crippen LogP contribution is -2.05. The Bertz CT molecular complexity index is 788. The minimum Gasteiger partial charge on any atom is -0.493 e. The monoisotopic (exact) mass is 308 g/mol. The summed E-state index contributed by atoms with van der Waals surface area (Å²) in [6.45, 7) is 3.12. The van der Waals surface area contributed by atoms with Crippen LogP contribution >= 0.6 is 0 Å². The van der Waals surface area contributed by atoms with Crippen molar-refractivity contribution in [2.45, 2.75) is 13.3 Å². The predicted octanol–water partition coefficient (Wildman–Crippen LogP) is 3.97. The molecule has 0 saturated carbocycles. The Morgan fingerprint density at radius 3 is 2.57 bits per heavy atom. The second-order valence-corrected chi connectivity index (χ2v) is 5.37. The normalized spacial score (nSPS) is 10.7. The van der Waals surface area contributed by atoms with E-state index in [1.165, 1.54) is 0 Å². The van der Waals surface area contributed by atoms with E-state index in [4.69, 9.17) is 15.2 Å². The first-order chi connectivity index (χ1) is 11.2. The van der Waals surface area contributed by atoms with E-state index in [1.807, 2.05) is 61.5 Å². The fraction of sp³-hybridized carbons (Fsp3) is 0.211. The molecule has 0 radical (unpaired) electrons. The molecule has 2 N–H and O–H groups in total. The molecule has 0 unspecified atom stereocenters. The molecule has 2 aromatic carbocycles. The molecule has 0 aliphatic heterocycles. The summed E-state index contributed by atoms with van der Waals surface area (Å²) in [5.41, 5.74) is 8.58. The number of nitrogens with zero attached hydrogens (tertiary/aromatic N) is 1. The second kappa shape index (κ2) is 7.01. The Morgan fingerprint density at radius 2 is 1.74 bits per heavy atom. The Labute approximate surface area is 135 Å². The number of hydrogen-bond donors (Lipinski definition) is 1. The van der Waals surface area contributed by atoms with Crippen LogP contribution in [0.1, 0.15) is 12.1 Å². The second-order valence-electron chi connectivity index (χ2n) is 5.37. The van der Waals surface area contributed by atoms with Crippen LogP contribution in [-0.4, -0.2) is 18.2 Å². The maximum absolute atomic E-state index is 6.12. The first-order valence-electron chi connectivity index (χ1n) is 7.70. The molecule has 3 aromatic rings. The molecule has 1 heterocycles. The van der Waals surface area contributed by atoms with Gasteiger partial charge in [0.2, 0.25) is 0 Å². The maximum atomic E-state index is 6.12.